The van der Waals surface area contributed by atoms with E-state index in [1.807, 2.05) is 37.3 Å². The minimum absolute atomic E-state index is 0.0252. The van der Waals surface area contributed by atoms with Crippen molar-refractivity contribution in [2.45, 2.75) is 24.3 Å². The second kappa shape index (κ2) is 9.39. The van der Waals surface area contributed by atoms with Crippen molar-refractivity contribution in [3.8, 4) is 23.6 Å². The van der Waals surface area contributed by atoms with E-state index in [-0.39, 0.29) is 23.0 Å². The maximum Gasteiger partial charge on any atom is 0.251 e. The fourth-order valence-electron chi connectivity index (χ4n) is 2.91. The molecule has 154 valence electrons. The molecule has 0 aliphatic heterocycles. The topological polar surface area (TPSA) is 104 Å². The molecule has 0 fully saturated rings. The van der Waals surface area contributed by atoms with Crippen LogP contribution in [0.4, 0.5) is 0 Å². The van der Waals surface area contributed by atoms with Crippen LogP contribution in [0.25, 0.3) is 11.3 Å². The molecule has 2 aromatic carbocycles. The Labute approximate surface area is 176 Å². The van der Waals surface area contributed by atoms with Gasteiger partial charge in [-0.25, -0.2) is 13.4 Å². The molecule has 3 N–H and O–H groups in total. The number of amides is 1. The van der Waals surface area contributed by atoms with Crippen LogP contribution in [0.1, 0.15) is 35.6 Å². The van der Waals surface area contributed by atoms with Crippen molar-refractivity contribution in [2.24, 2.45) is 0 Å². The van der Waals surface area contributed by atoms with Crippen LogP contribution in [-0.4, -0.2) is 30.8 Å². The fourth-order valence-corrected chi connectivity index (χ4v) is 3.89. The summed E-state index contributed by atoms with van der Waals surface area (Å²) >= 11 is 0. The molecule has 0 radical (unpaired) electrons. The van der Waals surface area contributed by atoms with Crippen LogP contribution in [0.15, 0.2) is 65.7 Å². The van der Waals surface area contributed by atoms with Crippen LogP contribution >= 0.6 is 0 Å². The van der Waals surface area contributed by atoms with Crippen LogP contribution in [0.2, 0.25) is 0 Å². The summed E-state index contributed by atoms with van der Waals surface area (Å²) in [5.74, 6) is 2.45. The molecule has 0 bridgehead atoms. The number of carbonyl (C=O) groups excluding carboxylic acids is 1. The third-order valence-corrected chi connectivity index (χ3v) is 5.89. The van der Waals surface area contributed by atoms with Crippen molar-refractivity contribution in [1.82, 2.24) is 20.0 Å². The molecule has 7 nitrogen and oxygen atoms in total. The van der Waals surface area contributed by atoms with Crippen molar-refractivity contribution < 1.29 is 13.2 Å². The van der Waals surface area contributed by atoms with E-state index < -0.39 is 15.9 Å². The Morgan fingerprint density at radius 2 is 1.97 bits per heavy atom. The summed E-state index contributed by atoms with van der Waals surface area (Å²) < 4.78 is 26.8. The minimum Gasteiger partial charge on any atom is -0.342 e. The zero-order chi connectivity index (χ0) is 21.6. The number of rotatable bonds is 8. The lowest BCUT2D eigenvalue weighted by Gasteiger charge is -2.15. The van der Waals surface area contributed by atoms with Gasteiger partial charge in [-0.15, -0.1) is 6.42 Å². The van der Waals surface area contributed by atoms with Gasteiger partial charge in [-0.3, -0.25) is 4.79 Å². The van der Waals surface area contributed by atoms with Crippen molar-refractivity contribution in [1.29, 1.82) is 0 Å². The summed E-state index contributed by atoms with van der Waals surface area (Å²) in [6, 6.07) is 15.2. The Morgan fingerprint density at radius 1 is 1.20 bits per heavy atom. The van der Waals surface area contributed by atoms with Crippen LogP contribution in [0.5, 0.6) is 0 Å². The predicted molar refractivity (Wildman–Crippen MR) is 115 cm³/mol. The van der Waals surface area contributed by atoms with Crippen molar-refractivity contribution in [3.63, 3.8) is 0 Å². The molecule has 0 aliphatic rings. The first-order valence-corrected chi connectivity index (χ1v) is 10.9. The molecular weight excluding hydrogens is 400 g/mol. The van der Waals surface area contributed by atoms with Gasteiger partial charge >= 0.3 is 0 Å². The standard InChI is InChI=1S/C22H22N4O3S/c1-3-13-24-30(28,29)18-12-8-11-17(14-18)22(27)26-19(4-2)21-23-15-20(25-21)16-9-6-5-7-10-16/h1,5-12,14-15,19,24H,4,13H2,2H3,(H,23,25)(H,26,27). The summed E-state index contributed by atoms with van der Waals surface area (Å²) in [6.45, 7) is 1.80. The quantitative estimate of drug-likeness (QED) is 0.486. The SMILES string of the molecule is C#CCNS(=O)(=O)c1cccc(C(=O)NC(CC)c2ncc(-c3ccccc3)[nH]2)c1. The molecule has 1 unspecified atom stereocenters. The number of sulfonamides is 1. The van der Waals surface area contributed by atoms with Gasteiger partial charge in [0, 0.05) is 5.56 Å². The molecule has 3 rings (SSSR count). The van der Waals surface area contributed by atoms with Gasteiger partial charge < -0.3 is 10.3 Å². The molecule has 0 spiro atoms. The molecular formula is C22H22N4O3S. The fraction of sp³-hybridized carbons (Fsp3) is 0.182. The zero-order valence-corrected chi connectivity index (χ0v) is 17.2. The van der Waals surface area contributed by atoms with E-state index in [1.165, 1.54) is 18.2 Å². The Hall–Kier alpha value is -3.41. The van der Waals surface area contributed by atoms with Gasteiger partial charge in [0.15, 0.2) is 0 Å². The lowest BCUT2D eigenvalue weighted by atomic mass is 10.1. The zero-order valence-electron chi connectivity index (χ0n) is 16.4. The number of nitrogens with zero attached hydrogens (tertiary/aromatic N) is 1. The third kappa shape index (κ3) is 4.95. The first-order valence-electron chi connectivity index (χ1n) is 9.39. The van der Waals surface area contributed by atoms with Crippen molar-refractivity contribution >= 4 is 15.9 Å². The number of benzene rings is 2. The van der Waals surface area contributed by atoms with Crippen LogP contribution in [-0.2, 0) is 10.0 Å². The highest BCUT2D eigenvalue weighted by molar-refractivity contribution is 7.89. The first kappa shape index (κ1) is 21.3. The summed E-state index contributed by atoms with van der Waals surface area (Å²) in [6.07, 6.45) is 7.44. The molecule has 0 aliphatic carbocycles. The van der Waals surface area contributed by atoms with Gasteiger partial charge in [-0.05, 0) is 30.2 Å². The Bertz CT molecular complexity index is 1160. The summed E-state index contributed by atoms with van der Waals surface area (Å²) in [5.41, 5.74) is 2.08. The van der Waals surface area contributed by atoms with Crippen LogP contribution in [0.3, 0.4) is 0 Å². The van der Waals surface area contributed by atoms with Crippen LogP contribution < -0.4 is 10.0 Å². The summed E-state index contributed by atoms with van der Waals surface area (Å²) in [7, 11) is -3.78. The van der Waals surface area contributed by atoms with E-state index >= 15 is 0 Å². The molecule has 1 heterocycles. The maximum absolute atomic E-state index is 12.8. The first-order chi connectivity index (χ1) is 14.4. The minimum atomic E-state index is -3.78. The van der Waals surface area contributed by atoms with E-state index in [2.05, 4.69) is 25.9 Å². The van der Waals surface area contributed by atoms with E-state index in [0.717, 1.165) is 11.3 Å². The maximum atomic E-state index is 12.8. The number of hydrogen-bond donors (Lipinski definition) is 3. The average molecular weight is 423 g/mol. The lowest BCUT2D eigenvalue weighted by molar-refractivity contribution is 0.0933. The highest BCUT2D eigenvalue weighted by atomic mass is 32.2. The highest BCUT2D eigenvalue weighted by Crippen LogP contribution is 2.21. The normalized spacial score (nSPS) is 12.1. The summed E-state index contributed by atoms with van der Waals surface area (Å²) in [4.78, 5) is 20.4. The molecule has 0 saturated carbocycles. The smallest absolute Gasteiger partial charge is 0.251 e. The van der Waals surface area contributed by atoms with Crippen LogP contribution in [0, 0.1) is 12.3 Å². The number of H-pyrrole nitrogens is 1. The number of terminal acetylenes is 1. The number of aromatic amines is 1. The van der Waals surface area contributed by atoms with E-state index in [0.29, 0.717) is 12.2 Å². The molecule has 0 saturated heterocycles. The Kier molecular flexibility index (Phi) is 6.67. The lowest BCUT2D eigenvalue weighted by Crippen LogP contribution is -2.29. The predicted octanol–water partition coefficient (Wildman–Crippen LogP) is 2.87. The molecule has 30 heavy (non-hydrogen) atoms. The molecule has 8 heteroatoms. The summed E-state index contributed by atoms with van der Waals surface area (Å²) in [5, 5.41) is 2.91. The average Bonchev–Trinajstić information content (AvgIpc) is 3.26. The molecule has 1 amide bonds. The van der Waals surface area contributed by atoms with Gasteiger partial charge in [0.1, 0.15) is 5.82 Å². The van der Waals surface area contributed by atoms with E-state index in [1.54, 1.807) is 12.3 Å². The Morgan fingerprint density at radius 3 is 2.67 bits per heavy atom. The monoisotopic (exact) mass is 422 g/mol. The second-order valence-corrected chi connectivity index (χ2v) is 8.31. The van der Waals surface area contributed by atoms with Gasteiger partial charge in [0.05, 0.1) is 29.4 Å². The van der Waals surface area contributed by atoms with Crippen molar-refractivity contribution in [3.05, 3.63) is 72.2 Å². The number of carbonyl (C=O) groups is 1. The van der Waals surface area contributed by atoms with Gasteiger partial charge in [-0.2, -0.15) is 4.72 Å². The number of imidazole rings is 1. The third-order valence-electron chi connectivity index (χ3n) is 4.49. The number of aromatic nitrogens is 2. The van der Waals surface area contributed by atoms with Gasteiger partial charge in [0.25, 0.3) is 5.91 Å². The molecule has 1 aromatic heterocycles. The largest absolute Gasteiger partial charge is 0.342 e. The van der Waals surface area contributed by atoms with Gasteiger partial charge in [-0.1, -0.05) is 49.2 Å². The van der Waals surface area contributed by atoms with E-state index in [4.69, 9.17) is 6.42 Å². The van der Waals surface area contributed by atoms with Crippen molar-refractivity contribution in [2.75, 3.05) is 6.54 Å². The van der Waals surface area contributed by atoms with E-state index in [9.17, 15) is 13.2 Å². The van der Waals surface area contributed by atoms with Gasteiger partial charge in [0.2, 0.25) is 10.0 Å². The molecule has 3 aromatic rings. The highest BCUT2D eigenvalue weighted by Gasteiger charge is 2.20. The Balaban J connectivity index is 1.77. The second-order valence-electron chi connectivity index (χ2n) is 6.54. The number of hydrogen-bond acceptors (Lipinski definition) is 4. The molecule has 1 atom stereocenters. The number of nitrogens with one attached hydrogen (secondary N) is 3.